The lowest BCUT2D eigenvalue weighted by atomic mass is 9.87. The Bertz CT molecular complexity index is 352. The summed E-state index contributed by atoms with van der Waals surface area (Å²) < 4.78 is 0. The number of piperidine rings is 1. The van der Waals surface area contributed by atoms with E-state index in [9.17, 15) is 0 Å². The Kier molecular flexibility index (Phi) is 5.21. The standard InChI is InChI=1S/C16H26N2/c1-3-18(4-2)13-15-7-5-6-8-16(15)14-9-11-17-12-10-14/h5-8,14,17H,3-4,9-13H2,1-2H3. The molecule has 0 spiro atoms. The predicted molar refractivity (Wildman–Crippen MR) is 77.9 cm³/mol. The molecule has 2 rings (SSSR count). The van der Waals surface area contributed by atoms with Crippen LogP contribution in [0, 0.1) is 0 Å². The highest BCUT2D eigenvalue weighted by molar-refractivity contribution is 5.31. The quantitative estimate of drug-likeness (QED) is 0.859. The Labute approximate surface area is 111 Å². The van der Waals surface area contributed by atoms with E-state index >= 15 is 0 Å². The molecular formula is C16H26N2. The molecule has 1 aliphatic heterocycles. The number of nitrogens with zero attached hydrogens (tertiary/aromatic N) is 1. The van der Waals surface area contributed by atoms with Gasteiger partial charge in [0.05, 0.1) is 0 Å². The van der Waals surface area contributed by atoms with Gasteiger partial charge in [-0.1, -0.05) is 38.1 Å². The summed E-state index contributed by atoms with van der Waals surface area (Å²) in [6.07, 6.45) is 2.57. The van der Waals surface area contributed by atoms with Gasteiger partial charge in [-0.2, -0.15) is 0 Å². The fourth-order valence-corrected chi connectivity index (χ4v) is 2.90. The van der Waals surface area contributed by atoms with Crippen LogP contribution in [-0.4, -0.2) is 31.1 Å². The second kappa shape index (κ2) is 6.91. The molecule has 0 saturated carbocycles. The number of nitrogens with one attached hydrogen (secondary N) is 1. The van der Waals surface area contributed by atoms with Gasteiger partial charge in [-0.25, -0.2) is 0 Å². The van der Waals surface area contributed by atoms with E-state index in [0.29, 0.717) is 0 Å². The lowest BCUT2D eigenvalue weighted by Gasteiger charge is -2.27. The van der Waals surface area contributed by atoms with Gasteiger partial charge in [0.2, 0.25) is 0 Å². The van der Waals surface area contributed by atoms with Gasteiger partial charge < -0.3 is 5.32 Å². The third-order valence-electron chi connectivity index (χ3n) is 4.12. The molecule has 1 aromatic rings. The fourth-order valence-electron chi connectivity index (χ4n) is 2.90. The highest BCUT2D eigenvalue weighted by Crippen LogP contribution is 2.28. The van der Waals surface area contributed by atoms with Crippen molar-refractivity contribution in [3.05, 3.63) is 35.4 Å². The molecule has 0 aliphatic carbocycles. The van der Waals surface area contributed by atoms with Gasteiger partial charge in [0.1, 0.15) is 0 Å². The van der Waals surface area contributed by atoms with Crippen LogP contribution in [0.3, 0.4) is 0 Å². The Morgan fingerprint density at radius 2 is 1.78 bits per heavy atom. The average Bonchev–Trinajstić information content (AvgIpc) is 2.46. The molecule has 0 bridgehead atoms. The van der Waals surface area contributed by atoms with Crippen LogP contribution in [0.1, 0.15) is 43.7 Å². The second-order valence-corrected chi connectivity index (χ2v) is 5.18. The summed E-state index contributed by atoms with van der Waals surface area (Å²) >= 11 is 0. The molecule has 2 heteroatoms. The molecule has 2 nitrogen and oxygen atoms in total. The minimum Gasteiger partial charge on any atom is -0.317 e. The molecule has 1 aromatic carbocycles. The van der Waals surface area contributed by atoms with Crippen molar-refractivity contribution in [2.45, 2.75) is 39.2 Å². The minimum atomic E-state index is 0.762. The maximum absolute atomic E-state index is 3.46. The van der Waals surface area contributed by atoms with Gasteiger partial charge in [-0.15, -0.1) is 0 Å². The summed E-state index contributed by atoms with van der Waals surface area (Å²) in [4.78, 5) is 2.50. The molecule has 0 unspecified atom stereocenters. The fraction of sp³-hybridized carbons (Fsp3) is 0.625. The van der Waals surface area contributed by atoms with Gasteiger partial charge in [0.25, 0.3) is 0 Å². The van der Waals surface area contributed by atoms with Gasteiger partial charge in [-0.3, -0.25) is 4.90 Å². The SMILES string of the molecule is CCN(CC)Cc1ccccc1C1CCNCC1. The number of hydrogen-bond acceptors (Lipinski definition) is 2. The van der Waals surface area contributed by atoms with Crippen molar-refractivity contribution in [1.82, 2.24) is 10.2 Å². The molecule has 18 heavy (non-hydrogen) atoms. The largest absolute Gasteiger partial charge is 0.317 e. The summed E-state index contributed by atoms with van der Waals surface area (Å²) in [5.41, 5.74) is 3.12. The van der Waals surface area contributed by atoms with E-state index in [-0.39, 0.29) is 0 Å². The summed E-state index contributed by atoms with van der Waals surface area (Å²) in [6, 6.07) is 9.04. The summed E-state index contributed by atoms with van der Waals surface area (Å²) in [5.74, 6) is 0.762. The topological polar surface area (TPSA) is 15.3 Å². The Hall–Kier alpha value is -0.860. The van der Waals surface area contributed by atoms with Crippen LogP contribution in [-0.2, 0) is 6.54 Å². The van der Waals surface area contributed by atoms with Crippen molar-refractivity contribution in [3.63, 3.8) is 0 Å². The molecule has 0 aromatic heterocycles. The van der Waals surface area contributed by atoms with Crippen molar-refractivity contribution in [2.75, 3.05) is 26.2 Å². The van der Waals surface area contributed by atoms with Crippen molar-refractivity contribution in [1.29, 1.82) is 0 Å². The smallest absolute Gasteiger partial charge is 0.0236 e. The van der Waals surface area contributed by atoms with Gasteiger partial charge in [-0.05, 0) is 56.1 Å². The molecule has 0 atom stereocenters. The van der Waals surface area contributed by atoms with Crippen molar-refractivity contribution >= 4 is 0 Å². The number of hydrogen-bond donors (Lipinski definition) is 1. The first-order chi connectivity index (χ1) is 8.85. The first kappa shape index (κ1) is 13.6. The Morgan fingerprint density at radius 1 is 1.11 bits per heavy atom. The second-order valence-electron chi connectivity index (χ2n) is 5.18. The summed E-state index contributed by atoms with van der Waals surface area (Å²) in [5, 5.41) is 3.46. The zero-order chi connectivity index (χ0) is 12.8. The Balaban J connectivity index is 2.13. The molecule has 0 amide bonds. The van der Waals surface area contributed by atoms with E-state index < -0.39 is 0 Å². The highest BCUT2D eigenvalue weighted by atomic mass is 15.1. The summed E-state index contributed by atoms with van der Waals surface area (Å²) in [7, 11) is 0. The van der Waals surface area contributed by atoms with Gasteiger partial charge >= 0.3 is 0 Å². The van der Waals surface area contributed by atoms with Crippen LogP contribution in [0.5, 0.6) is 0 Å². The first-order valence-corrected chi connectivity index (χ1v) is 7.36. The monoisotopic (exact) mass is 246 g/mol. The van der Waals surface area contributed by atoms with E-state index in [1.54, 1.807) is 5.56 Å². The molecule has 1 N–H and O–H groups in total. The van der Waals surface area contributed by atoms with Crippen LogP contribution in [0.15, 0.2) is 24.3 Å². The van der Waals surface area contributed by atoms with Gasteiger partial charge in [0.15, 0.2) is 0 Å². The molecule has 100 valence electrons. The van der Waals surface area contributed by atoms with Crippen LogP contribution < -0.4 is 5.32 Å². The maximum Gasteiger partial charge on any atom is 0.0236 e. The van der Waals surface area contributed by atoms with E-state index in [0.717, 1.165) is 25.6 Å². The van der Waals surface area contributed by atoms with Crippen LogP contribution >= 0.6 is 0 Å². The van der Waals surface area contributed by atoms with Crippen molar-refractivity contribution < 1.29 is 0 Å². The molecule has 1 heterocycles. The Morgan fingerprint density at radius 3 is 2.44 bits per heavy atom. The number of rotatable bonds is 5. The molecule has 1 saturated heterocycles. The van der Waals surface area contributed by atoms with E-state index in [2.05, 4.69) is 48.3 Å². The van der Waals surface area contributed by atoms with E-state index in [1.807, 2.05) is 0 Å². The van der Waals surface area contributed by atoms with Crippen molar-refractivity contribution in [3.8, 4) is 0 Å². The normalized spacial score (nSPS) is 17.3. The third kappa shape index (κ3) is 3.33. The molecular weight excluding hydrogens is 220 g/mol. The molecule has 1 aliphatic rings. The number of benzene rings is 1. The van der Waals surface area contributed by atoms with Crippen LogP contribution in [0.2, 0.25) is 0 Å². The highest BCUT2D eigenvalue weighted by Gasteiger charge is 2.18. The van der Waals surface area contributed by atoms with E-state index in [4.69, 9.17) is 0 Å². The average molecular weight is 246 g/mol. The van der Waals surface area contributed by atoms with E-state index in [1.165, 1.54) is 31.5 Å². The predicted octanol–water partition coefficient (Wildman–Crippen LogP) is 3.00. The summed E-state index contributed by atoms with van der Waals surface area (Å²) in [6.45, 7) is 10.2. The minimum absolute atomic E-state index is 0.762. The lowest BCUT2D eigenvalue weighted by molar-refractivity contribution is 0.293. The lowest BCUT2D eigenvalue weighted by Crippen LogP contribution is -2.28. The zero-order valence-electron chi connectivity index (χ0n) is 11.8. The molecule has 1 fully saturated rings. The van der Waals surface area contributed by atoms with Crippen molar-refractivity contribution in [2.24, 2.45) is 0 Å². The molecule has 0 radical (unpaired) electrons. The zero-order valence-corrected chi connectivity index (χ0v) is 11.8. The van der Waals surface area contributed by atoms with Gasteiger partial charge in [0, 0.05) is 6.54 Å². The van der Waals surface area contributed by atoms with Crippen LogP contribution in [0.4, 0.5) is 0 Å². The third-order valence-corrected chi connectivity index (χ3v) is 4.12. The maximum atomic E-state index is 3.46. The van der Waals surface area contributed by atoms with Crippen LogP contribution in [0.25, 0.3) is 0 Å². The first-order valence-electron chi connectivity index (χ1n) is 7.36.